The van der Waals surface area contributed by atoms with Crippen LogP contribution in [0, 0.1) is 22.7 Å². The van der Waals surface area contributed by atoms with Gasteiger partial charge in [0.05, 0.1) is 0 Å². The van der Waals surface area contributed by atoms with Crippen molar-refractivity contribution in [2.24, 2.45) is 22.7 Å². The van der Waals surface area contributed by atoms with Gasteiger partial charge in [0.15, 0.2) is 0 Å². The highest BCUT2D eigenvalue weighted by atomic mass is 16.4. The van der Waals surface area contributed by atoms with E-state index in [1.165, 1.54) is 38.5 Å². The van der Waals surface area contributed by atoms with Gasteiger partial charge in [-0.15, -0.1) is 0 Å². The molecule has 0 aromatic rings. The van der Waals surface area contributed by atoms with Gasteiger partial charge < -0.3 is 5.11 Å². The van der Waals surface area contributed by atoms with Crippen molar-refractivity contribution in [2.75, 3.05) is 0 Å². The summed E-state index contributed by atoms with van der Waals surface area (Å²) in [6, 6.07) is 0. The van der Waals surface area contributed by atoms with E-state index in [-0.39, 0.29) is 0 Å². The number of hydrogen-bond acceptors (Lipinski definition) is 1. The Kier molecular flexibility index (Phi) is 2.15. The Morgan fingerprint density at radius 1 is 1.25 bits per heavy atom. The molecular weight excluding hydrogens is 200 g/mol. The van der Waals surface area contributed by atoms with Crippen LogP contribution in [0.2, 0.25) is 0 Å². The molecule has 0 aromatic heterocycles. The summed E-state index contributed by atoms with van der Waals surface area (Å²) in [5.74, 6) is 1.22. The fraction of sp³-hybridized carbons (Fsp3) is 0.929. The molecule has 2 heteroatoms. The topological polar surface area (TPSA) is 37.3 Å². The Hall–Kier alpha value is -0.530. The molecule has 0 amide bonds. The highest BCUT2D eigenvalue weighted by molar-refractivity contribution is 5.66. The Morgan fingerprint density at radius 3 is 2.38 bits per heavy atom. The normalized spacial score (nSPS) is 49.6. The summed E-state index contributed by atoms with van der Waals surface area (Å²) in [4.78, 5) is 10.8. The van der Waals surface area contributed by atoms with Crippen molar-refractivity contribution < 1.29 is 9.90 Å². The van der Waals surface area contributed by atoms with Gasteiger partial charge in [-0.2, -0.15) is 0 Å². The van der Waals surface area contributed by atoms with Crippen molar-refractivity contribution in [2.45, 2.75) is 58.3 Å². The minimum Gasteiger partial charge on any atom is -0.481 e. The molecule has 4 saturated carbocycles. The zero-order valence-electron chi connectivity index (χ0n) is 10.2. The lowest BCUT2D eigenvalue weighted by Crippen LogP contribution is -2.50. The van der Waals surface area contributed by atoms with E-state index in [0.717, 1.165) is 18.3 Å². The molecule has 4 aliphatic rings. The molecule has 0 saturated heterocycles. The smallest absolute Gasteiger partial charge is 0.303 e. The molecule has 0 radical (unpaired) electrons. The monoisotopic (exact) mass is 222 g/mol. The molecule has 90 valence electrons. The van der Waals surface area contributed by atoms with Crippen molar-refractivity contribution in [1.29, 1.82) is 0 Å². The van der Waals surface area contributed by atoms with Crippen LogP contribution in [-0.2, 0) is 4.79 Å². The number of carbonyl (C=O) groups is 1. The van der Waals surface area contributed by atoms with Gasteiger partial charge in [0.1, 0.15) is 0 Å². The number of hydrogen-bond donors (Lipinski definition) is 1. The Balaban J connectivity index is 1.78. The standard InChI is InChI=1S/C14H22O2/c1-13-5-10-4-11(6-13)8-14(7-10,9-13)3-2-12(15)16/h10-11H,2-9H2,1H3,(H,15,16). The van der Waals surface area contributed by atoms with Crippen LogP contribution in [0.5, 0.6) is 0 Å². The van der Waals surface area contributed by atoms with Gasteiger partial charge in [-0.25, -0.2) is 0 Å². The third kappa shape index (κ3) is 1.66. The summed E-state index contributed by atoms with van der Waals surface area (Å²) in [5, 5.41) is 8.88. The van der Waals surface area contributed by atoms with Gasteiger partial charge in [-0.05, 0) is 67.6 Å². The molecule has 4 aliphatic carbocycles. The van der Waals surface area contributed by atoms with Crippen molar-refractivity contribution in [3.8, 4) is 0 Å². The number of carboxylic acids is 1. The maximum Gasteiger partial charge on any atom is 0.303 e. The van der Waals surface area contributed by atoms with Crippen LogP contribution in [0.4, 0.5) is 0 Å². The third-order valence-electron chi connectivity index (χ3n) is 5.34. The molecule has 0 spiro atoms. The van der Waals surface area contributed by atoms with Crippen LogP contribution in [0.25, 0.3) is 0 Å². The van der Waals surface area contributed by atoms with Crippen LogP contribution >= 0.6 is 0 Å². The van der Waals surface area contributed by atoms with E-state index in [9.17, 15) is 4.79 Å². The zero-order valence-corrected chi connectivity index (χ0v) is 10.2. The summed E-state index contributed by atoms with van der Waals surface area (Å²) in [6.45, 7) is 2.44. The third-order valence-corrected chi connectivity index (χ3v) is 5.34. The SMILES string of the molecule is CC12CC3CC(C1)CC(CCC(=O)O)(C3)C2. The van der Waals surface area contributed by atoms with E-state index < -0.39 is 5.97 Å². The largest absolute Gasteiger partial charge is 0.481 e. The van der Waals surface area contributed by atoms with E-state index in [0.29, 0.717) is 17.3 Å². The average molecular weight is 222 g/mol. The van der Waals surface area contributed by atoms with Gasteiger partial charge in [-0.1, -0.05) is 6.92 Å². The maximum absolute atomic E-state index is 10.8. The summed E-state index contributed by atoms with van der Waals surface area (Å²) >= 11 is 0. The first-order valence-electron chi connectivity index (χ1n) is 6.71. The van der Waals surface area contributed by atoms with Crippen LogP contribution in [-0.4, -0.2) is 11.1 Å². The average Bonchev–Trinajstić information content (AvgIpc) is 2.10. The van der Waals surface area contributed by atoms with E-state index in [1.807, 2.05) is 0 Å². The van der Waals surface area contributed by atoms with Crippen molar-refractivity contribution in [3.63, 3.8) is 0 Å². The van der Waals surface area contributed by atoms with Crippen LogP contribution in [0.15, 0.2) is 0 Å². The molecule has 16 heavy (non-hydrogen) atoms. The lowest BCUT2D eigenvalue weighted by molar-refractivity contribution is -0.141. The fourth-order valence-electron chi connectivity index (χ4n) is 5.59. The van der Waals surface area contributed by atoms with Gasteiger partial charge in [-0.3, -0.25) is 4.79 Å². The molecule has 2 atom stereocenters. The van der Waals surface area contributed by atoms with Crippen LogP contribution < -0.4 is 0 Å². The molecular formula is C14H22O2. The predicted molar refractivity (Wildman–Crippen MR) is 62.1 cm³/mol. The van der Waals surface area contributed by atoms with Gasteiger partial charge in [0, 0.05) is 6.42 Å². The van der Waals surface area contributed by atoms with Crippen molar-refractivity contribution in [1.82, 2.24) is 0 Å². The van der Waals surface area contributed by atoms with Gasteiger partial charge >= 0.3 is 5.97 Å². The van der Waals surface area contributed by atoms with Crippen LogP contribution in [0.3, 0.4) is 0 Å². The second-order valence-electron chi connectivity index (χ2n) is 7.17. The highest BCUT2D eigenvalue weighted by Crippen LogP contribution is 2.66. The first kappa shape index (κ1) is 10.6. The first-order chi connectivity index (χ1) is 7.49. The van der Waals surface area contributed by atoms with E-state index in [4.69, 9.17) is 5.11 Å². The Bertz CT molecular complexity index is 307. The van der Waals surface area contributed by atoms with Gasteiger partial charge in [0.2, 0.25) is 0 Å². The Morgan fingerprint density at radius 2 is 1.88 bits per heavy atom. The Labute approximate surface area is 97.4 Å². The van der Waals surface area contributed by atoms with E-state index in [2.05, 4.69) is 6.92 Å². The minimum atomic E-state index is -0.610. The van der Waals surface area contributed by atoms with Crippen LogP contribution in [0.1, 0.15) is 58.3 Å². The molecule has 2 unspecified atom stereocenters. The fourth-order valence-corrected chi connectivity index (χ4v) is 5.59. The number of aliphatic carboxylic acids is 1. The summed E-state index contributed by atoms with van der Waals surface area (Å²) in [5.41, 5.74) is 0.972. The highest BCUT2D eigenvalue weighted by Gasteiger charge is 2.55. The second-order valence-corrected chi connectivity index (χ2v) is 7.17. The molecule has 0 aromatic carbocycles. The van der Waals surface area contributed by atoms with E-state index in [1.54, 1.807) is 0 Å². The molecule has 0 heterocycles. The number of rotatable bonds is 3. The maximum atomic E-state index is 10.8. The molecule has 2 nitrogen and oxygen atoms in total. The molecule has 4 rings (SSSR count). The number of carboxylic acid groups (broad SMARTS) is 1. The summed E-state index contributed by atoms with van der Waals surface area (Å²) in [6.07, 6.45) is 9.54. The van der Waals surface area contributed by atoms with Crippen molar-refractivity contribution >= 4 is 5.97 Å². The lowest BCUT2D eigenvalue weighted by Gasteiger charge is -2.61. The summed E-state index contributed by atoms with van der Waals surface area (Å²) < 4.78 is 0. The predicted octanol–water partition coefficient (Wildman–Crippen LogP) is 3.46. The van der Waals surface area contributed by atoms with E-state index >= 15 is 0 Å². The minimum absolute atomic E-state index is 0.384. The molecule has 0 aliphatic heterocycles. The lowest BCUT2D eigenvalue weighted by atomic mass is 9.44. The molecule has 1 N–H and O–H groups in total. The molecule has 4 bridgehead atoms. The quantitative estimate of drug-likeness (QED) is 0.794. The van der Waals surface area contributed by atoms with Crippen molar-refractivity contribution in [3.05, 3.63) is 0 Å². The molecule has 4 fully saturated rings. The first-order valence-corrected chi connectivity index (χ1v) is 6.71. The van der Waals surface area contributed by atoms with Gasteiger partial charge in [0.25, 0.3) is 0 Å². The zero-order chi connectivity index (χ0) is 11.4. The second kappa shape index (κ2) is 3.24. The summed E-state index contributed by atoms with van der Waals surface area (Å²) in [7, 11) is 0.